The number of fused-ring (bicyclic) bond motifs is 1. The van der Waals surface area contributed by atoms with Gasteiger partial charge >= 0.3 is 5.97 Å². The average Bonchev–Trinajstić information content (AvgIpc) is 2.88. The molecule has 190 valence electrons. The molecule has 0 radical (unpaired) electrons. The van der Waals surface area contributed by atoms with E-state index >= 15 is 0 Å². The van der Waals surface area contributed by atoms with Crippen LogP contribution >= 0.6 is 0 Å². The highest BCUT2D eigenvalue weighted by Gasteiger charge is 2.33. The number of amides is 1. The van der Waals surface area contributed by atoms with Crippen LogP contribution in [0.4, 0.5) is 11.5 Å². The highest BCUT2D eigenvalue weighted by molar-refractivity contribution is 5.94. The standard InChI is InChI=1S/C28H30N6O3/c1-18-13-25(32-27-10-5-20(15-29)16-31-27)23-14-21(7-9-26(23)34(18)19(2)35)24-8-6-22(17-30-24)28(36)37-12-11-33(3)4/h5-10,14,16-18,25H,11-13H2,1-4H3,(H,31,32). The smallest absolute Gasteiger partial charge is 0.339 e. The van der Waals surface area contributed by atoms with E-state index in [1.54, 1.807) is 31.2 Å². The van der Waals surface area contributed by atoms with Gasteiger partial charge in [-0.15, -0.1) is 0 Å². The van der Waals surface area contributed by atoms with Gasteiger partial charge in [-0.3, -0.25) is 9.78 Å². The number of nitrogens with zero attached hydrogens (tertiary/aromatic N) is 5. The second kappa shape index (κ2) is 11.2. The van der Waals surface area contributed by atoms with Gasteiger partial charge in [0.25, 0.3) is 0 Å². The van der Waals surface area contributed by atoms with Gasteiger partial charge in [0.15, 0.2) is 0 Å². The number of likely N-dealkylation sites (N-methyl/N-ethyl adjacent to an activating group) is 1. The first-order valence-corrected chi connectivity index (χ1v) is 12.1. The molecule has 0 saturated heterocycles. The van der Waals surface area contributed by atoms with E-state index in [4.69, 9.17) is 10.00 Å². The summed E-state index contributed by atoms with van der Waals surface area (Å²) in [5, 5.41) is 12.5. The number of pyridine rings is 2. The van der Waals surface area contributed by atoms with Crippen LogP contribution in [0.5, 0.6) is 0 Å². The van der Waals surface area contributed by atoms with E-state index in [0.29, 0.717) is 42.2 Å². The third kappa shape index (κ3) is 5.93. The number of anilines is 2. The van der Waals surface area contributed by atoms with Crippen LogP contribution in [-0.2, 0) is 9.53 Å². The van der Waals surface area contributed by atoms with Gasteiger partial charge in [0.05, 0.1) is 22.9 Å². The largest absolute Gasteiger partial charge is 0.461 e. The summed E-state index contributed by atoms with van der Waals surface area (Å²) in [4.78, 5) is 37.4. The van der Waals surface area contributed by atoms with E-state index < -0.39 is 5.97 Å². The molecule has 2 atom stereocenters. The van der Waals surface area contributed by atoms with E-state index in [1.807, 2.05) is 49.0 Å². The molecule has 4 rings (SSSR count). The number of hydrogen-bond donors (Lipinski definition) is 1. The number of aromatic nitrogens is 2. The zero-order valence-corrected chi connectivity index (χ0v) is 21.4. The Hall–Kier alpha value is -4.29. The number of rotatable bonds is 7. The molecule has 1 aliphatic rings. The van der Waals surface area contributed by atoms with E-state index in [1.165, 1.54) is 12.4 Å². The Morgan fingerprint density at radius 3 is 2.59 bits per heavy atom. The Morgan fingerprint density at radius 1 is 1.16 bits per heavy atom. The SMILES string of the molecule is CC(=O)N1c2ccc(-c3ccc(C(=O)OCCN(C)C)cn3)cc2C(Nc2ccc(C#N)cn2)CC1C. The second-order valence-corrected chi connectivity index (χ2v) is 9.36. The first kappa shape index (κ1) is 25.8. The molecule has 0 saturated carbocycles. The number of carbonyl (C=O) groups excluding carboxylic acids is 2. The maximum Gasteiger partial charge on any atom is 0.339 e. The number of benzene rings is 1. The Morgan fingerprint density at radius 2 is 1.97 bits per heavy atom. The van der Waals surface area contributed by atoms with Crippen LogP contribution in [0.2, 0.25) is 0 Å². The van der Waals surface area contributed by atoms with Gasteiger partial charge in [-0.05, 0) is 69.4 Å². The number of esters is 1. The zero-order chi connectivity index (χ0) is 26.5. The predicted octanol–water partition coefficient (Wildman–Crippen LogP) is 4.03. The Kier molecular flexibility index (Phi) is 7.80. The maximum absolute atomic E-state index is 12.5. The van der Waals surface area contributed by atoms with E-state index in [-0.39, 0.29) is 18.0 Å². The molecule has 1 aromatic carbocycles. The number of nitrogens with one attached hydrogen (secondary N) is 1. The molecule has 0 fully saturated rings. The monoisotopic (exact) mass is 498 g/mol. The van der Waals surface area contributed by atoms with Gasteiger partial charge in [-0.1, -0.05) is 6.07 Å². The lowest BCUT2D eigenvalue weighted by Gasteiger charge is -2.39. The van der Waals surface area contributed by atoms with Crippen LogP contribution in [0.3, 0.4) is 0 Å². The van der Waals surface area contributed by atoms with Crippen LogP contribution in [0.15, 0.2) is 54.9 Å². The second-order valence-electron chi connectivity index (χ2n) is 9.36. The quantitative estimate of drug-likeness (QED) is 0.486. The summed E-state index contributed by atoms with van der Waals surface area (Å²) in [6, 6.07) is 14.9. The molecule has 0 spiro atoms. The summed E-state index contributed by atoms with van der Waals surface area (Å²) >= 11 is 0. The Bertz CT molecular complexity index is 1320. The van der Waals surface area contributed by atoms with Crippen molar-refractivity contribution in [3.05, 3.63) is 71.5 Å². The first-order chi connectivity index (χ1) is 17.8. The van der Waals surface area contributed by atoms with Gasteiger partial charge in [0.1, 0.15) is 18.5 Å². The summed E-state index contributed by atoms with van der Waals surface area (Å²) in [5.41, 5.74) is 4.24. The summed E-state index contributed by atoms with van der Waals surface area (Å²) < 4.78 is 5.30. The summed E-state index contributed by atoms with van der Waals surface area (Å²) in [5.74, 6) is 0.224. The molecule has 1 amide bonds. The lowest BCUT2D eigenvalue weighted by atomic mass is 9.89. The molecule has 3 heterocycles. The van der Waals surface area contributed by atoms with Crippen LogP contribution in [-0.4, -0.2) is 60.0 Å². The summed E-state index contributed by atoms with van der Waals surface area (Å²) in [7, 11) is 3.83. The molecule has 37 heavy (non-hydrogen) atoms. The van der Waals surface area contributed by atoms with Crippen molar-refractivity contribution in [1.29, 1.82) is 5.26 Å². The highest BCUT2D eigenvalue weighted by atomic mass is 16.5. The van der Waals surface area contributed by atoms with Crippen molar-refractivity contribution in [2.45, 2.75) is 32.4 Å². The Labute approximate surface area is 216 Å². The minimum absolute atomic E-state index is 0.0114. The number of hydrogen-bond acceptors (Lipinski definition) is 8. The van der Waals surface area contributed by atoms with Crippen molar-refractivity contribution in [2.75, 3.05) is 37.5 Å². The molecular formula is C28H30N6O3. The average molecular weight is 499 g/mol. The number of ether oxygens (including phenoxy) is 1. The van der Waals surface area contributed by atoms with Crippen LogP contribution in [0, 0.1) is 11.3 Å². The molecule has 2 aromatic heterocycles. The zero-order valence-electron chi connectivity index (χ0n) is 21.4. The van der Waals surface area contributed by atoms with E-state index in [0.717, 1.165) is 16.8 Å². The third-order valence-electron chi connectivity index (χ3n) is 6.30. The fourth-order valence-corrected chi connectivity index (χ4v) is 4.45. The molecule has 9 heteroatoms. The van der Waals surface area contributed by atoms with Crippen LogP contribution < -0.4 is 10.2 Å². The molecule has 1 aliphatic heterocycles. The van der Waals surface area contributed by atoms with Gasteiger partial charge < -0.3 is 19.9 Å². The molecule has 3 aromatic rings. The molecule has 0 aliphatic carbocycles. The van der Waals surface area contributed by atoms with E-state index in [2.05, 4.69) is 21.4 Å². The molecule has 1 N–H and O–H groups in total. The fraction of sp³-hybridized carbons (Fsp3) is 0.321. The first-order valence-electron chi connectivity index (χ1n) is 12.1. The van der Waals surface area contributed by atoms with Crippen molar-refractivity contribution in [1.82, 2.24) is 14.9 Å². The van der Waals surface area contributed by atoms with Gasteiger partial charge in [-0.2, -0.15) is 5.26 Å². The van der Waals surface area contributed by atoms with Crippen molar-refractivity contribution >= 4 is 23.4 Å². The lowest BCUT2D eigenvalue weighted by molar-refractivity contribution is -0.117. The lowest BCUT2D eigenvalue weighted by Crippen LogP contribution is -2.43. The molecule has 0 bridgehead atoms. The van der Waals surface area contributed by atoms with Gasteiger partial charge in [0.2, 0.25) is 5.91 Å². The maximum atomic E-state index is 12.5. The van der Waals surface area contributed by atoms with Crippen molar-refractivity contribution < 1.29 is 14.3 Å². The summed E-state index contributed by atoms with van der Waals surface area (Å²) in [6.07, 6.45) is 3.74. The normalized spacial score (nSPS) is 16.6. The third-order valence-corrected chi connectivity index (χ3v) is 6.30. The summed E-state index contributed by atoms with van der Waals surface area (Å²) in [6.45, 7) is 4.56. The predicted molar refractivity (Wildman–Crippen MR) is 141 cm³/mol. The van der Waals surface area contributed by atoms with Crippen molar-refractivity contribution in [2.24, 2.45) is 0 Å². The van der Waals surface area contributed by atoms with Gasteiger partial charge in [-0.25, -0.2) is 9.78 Å². The van der Waals surface area contributed by atoms with Crippen LogP contribution in [0.25, 0.3) is 11.3 Å². The van der Waals surface area contributed by atoms with E-state index in [9.17, 15) is 9.59 Å². The van der Waals surface area contributed by atoms with Gasteiger partial charge in [0, 0.05) is 43.2 Å². The van der Waals surface area contributed by atoms with Crippen molar-refractivity contribution in [3.63, 3.8) is 0 Å². The molecule has 9 nitrogen and oxygen atoms in total. The molecular weight excluding hydrogens is 468 g/mol. The van der Waals surface area contributed by atoms with Crippen LogP contribution in [0.1, 0.15) is 47.8 Å². The minimum Gasteiger partial charge on any atom is -0.461 e. The Balaban J connectivity index is 1.61. The fourth-order valence-electron chi connectivity index (χ4n) is 4.45. The number of nitriles is 1. The molecule has 2 unspecified atom stereocenters. The topological polar surface area (TPSA) is 111 Å². The highest BCUT2D eigenvalue weighted by Crippen LogP contribution is 2.40. The minimum atomic E-state index is -0.406. The number of carbonyl (C=O) groups is 2. The van der Waals surface area contributed by atoms with Crippen molar-refractivity contribution in [3.8, 4) is 17.3 Å².